The van der Waals surface area contributed by atoms with Crippen LogP contribution in [0.3, 0.4) is 0 Å². The number of ether oxygens (including phenoxy) is 2. The molecule has 2 rings (SSSR count). The molecule has 1 aliphatic rings. The van der Waals surface area contributed by atoms with Crippen molar-refractivity contribution in [3.63, 3.8) is 0 Å². The van der Waals surface area contributed by atoms with Crippen molar-refractivity contribution in [3.05, 3.63) is 47.1 Å². The van der Waals surface area contributed by atoms with Crippen molar-refractivity contribution in [2.75, 3.05) is 6.61 Å². The number of esters is 1. The SMILES string of the molecule is C=C(C)C1CCC(C)=CC1c1c(O)cc(CCCCC)cc1OP(=O)(NC(C)C(=O)OC(C)C)C(=O)OCC. The van der Waals surface area contributed by atoms with E-state index in [2.05, 4.69) is 24.7 Å². The lowest BCUT2D eigenvalue weighted by Gasteiger charge is -2.33. The molecule has 0 amide bonds. The number of rotatable bonds is 14. The predicted octanol–water partition coefficient (Wildman–Crippen LogP) is 7.80. The third-order valence-electron chi connectivity index (χ3n) is 6.77. The van der Waals surface area contributed by atoms with Crippen molar-refractivity contribution in [2.45, 2.75) is 105 Å². The lowest BCUT2D eigenvalue weighted by Crippen LogP contribution is -2.37. The van der Waals surface area contributed by atoms with Crippen LogP contribution in [-0.4, -0.2) is 35.5 Å². The first-order chi connectivity index (χ1) is 18.3. The Balaban J connectivity index is 2.65. The number of nitrogens with one attached hydrogen (secondary N) is 1. The van der Waals surface area contributed by atoms with Crippen LogP contribution in [0.2, 0.25) is 0 Å². The zero-order valence-electron chi connectivity index (χ0n) is 24.5. The second-order valence-corrected chi connectivity index (χ2v) is 12.6. The van der Waals surface area contributed by atoms with Gasteiger partial charge in [-0.1, -0.05) is 43.6 Å². The molecule has 39 heavy (non-hydrogen) atoms. The van der Waals surface area contributed by atoms with Gasteiger partial charge in [-0.2, -0.15) is 0 Å². The monoisotopic (exact) mass is 563 g/mol. The molecule has 0 fully saturated rings. The number of benzene rings is 1. The molecular formula is C30H46NO7P. The van der Waals surface area contributed by atoms with Gasteiger partial charge in [0.05, 0.1) is 12.7 Å². The van der Waals surface area contributed by atoms with Crippen LogP contribution < -0.4 is 9.61 Å². The van der Waals surface area contributed by atoms with Crippen molar-refractivity contribution < 1.29 is 33.3 Å². The van der Waals surface area contributed by atoms with E-state index in [0.717, 1.165) is 48.8 Å². The number of aromatic hydroxyl groups is 1. The molecule has 1 aromatic carbocycles. The molecule has 0 saturated heterocycles. The van der Waals surface area contributed by atoms with E-state index in [1.54, 1.807) is 32.9 Å². The summed E-state index contributed by atoms with van der Waals surface area (Å²) in [5.41, 5.74) is 2.24. The van der Waals surface area contributed by atoms with E-state index in [0.29, 0.717) is 12.0 Å². The van der Waals surface area contributed by atoms with Crippen molar-refractivity contribution in [2.24, 2.45) is 5.92 Å². The van der Waals surface area contributed by atoms with E-state index in [1.807, 2.05) is 13.8 Å². The number of hydrogen-bond donors (Lipinski definition) is 2. The van der Waals surface area contributed by atoms with Crippen LogP contribution in [0.5, 0.6) is 11.5 Å². The summed E-state index contributed by atoms with van der Waals surface area (Å²) in [6.07, 6.45) is 7.04. The lowest BCUT2D eigenvalue weighted by atomic mass is 9.73. The van der Waals surface area contributed by atoms with E-state index in [-0.39, 0.29) is 29.9 Å². The number of carbonyl (C=O) groups is 2. The summed E-state index contributed by atoms with van der Waals surface area (Å²) in [6, 6.07) is 2.34. The van der Waals surface area contributed by atoms with E-state index >= 15 is 0 Å². The molecule has 218 valence electrons. The predicted molar refractivity (Wildman–Crippen MR) is 154 cm³/mol. The first-order valence-electron chi connectivity index (χ1n) is 14.0. The van der Waals surface area contributed by atoms with E-state index in [1.165, 1.54) is 6.92 Å². The summed E-state index contributed by atoms with van der Waals surface area (Å²) in [6.45, 7) is 16.7. The van der Waals surface area contributed by atoms with Gasteiger partial charge in [0.2, 0.25) is 0 Å². The van der Waals surface area contributed by atoms with Crippen LogP contribution in [0, 0.1) is 5.92 Å². The quantitative estimate of drug-likeness (QED) is 0.102. The molecule has 9 heteroatoms. The molecule has 1 aromatic rings. The van der Waals surface area contributed by atoms with Gasteiger partial charge >= 0.3 is 19.2 Å². The molecule has 8 nitrogen and oxygen atoms in total. The van der Waals surface area contributed by atoms with Crippen LogP contribution in [0.25, 0.3) is 0 Å². The maximum atomic E-state index is 14.1. The normalized spacial score (nSPS) is 19.5. The Kier molecular flexibility index (Phi) is 12.3. The Labute approximate surface area is 233 Å². The molecule has 0 bridgehead atoms. The summed E-state index contributed by atoms with van der Waals surface area (Å²) in [4.78, 5) is 25.5. The van der Waals surface area contributed by atoms with Crippen LogP contribution >= 0.6 is 7.52 Å². The van der Waals surface area contributed by atoms with Crippen LogP contribution in [-0.2, 0) is 25.3 Å². The second-order valence-electron chi connectivity index (χ2n) is 10.7. The van der Waals surface area contributed by atoms with Gasteiger partial charge in [-0.25, -0.2) is 14.4 Å². The summed E-state index contributed by atoms with van der Waals surface area (Å²) in [5.74, 6) is -0.832. The van der Waals surface area contributed by atoms with Gasteiger partial charge in [0.25, 0.3) is 0 Å². The molecule has 0 aliphatic heterocycles. The Morgan fingerprint density at radius 1 is 1.21 bits per heavy atom. The number of unbranched alkanes of at least 4 members (excludes halogenated alkanes) is 2. The molecule has 2 N–H and O–H groups in total. The zero-order valence-corrected chi connectivity index (χ0v) is 25.4. The van der Waals surface area contributed by atoms with E-state index < -0.39 is 31.3 Å². The number of aryl methyl sites for hydroxylation is 1. The number of allylic oxidation sites excluding steroid dienone is 3. The Morgan fingerprint density at radius 3 is 2.49 bits per heavy atom. The summed E-state index contributed by atoms with van der Waals surface area (Å²) in [5, 5.41) is 13.9. The van der Waals surface area contributed by atoms with Crippen molar-refractivity contribution in [3.8, 4) is 11.5 Å². The van der Waals surface area contributed by atoms with Gasteiger partial charge in [0.15, 0.2) is 0 Å². The molecule has 0 radical (unpaired) electrons. The largest absolute Gasteiger partial charge is 0.507 e. The highest BCUT2D eigenvalue weighted by molar-refractivity contribution is 7.74. The van der Waals surface area contributed by atoms with Gasteiger partial charge in [0.1, 0.15) is 17.5 Å². The first-order valence-corrected chi connectivity index (χ1v) is 15.6. The highest BCUT2D eigenvalue weighted by atomic mass is 31.2. The average molecular weight is 564 g/mol. The topological polar surface area (TPSA) is 111 Å². The number of phenols is 1. The maximum Gasteiger partial charge on any atom is 0.424 e. The van der Waals surface area contributed by atoms with E-state index in [4.69, 9.17) is 14.0 Å². The number of hydrogen-bond acceptors (Lipinski definition) is 7. The Hall–Kier alpha value is -2.57. The Morgan fingerprint density at radius 2 is 1.90 bits per heavy atom. The van der Waals surface area contributed by atoms with Gasteiger partial charge < -0.3 is 19.1 Å². The van der Waals surface area contributed by atoms with Crippen LogP contribution in [0.1, 0.15) is 97.6 Å². The van der Waals surface area contributed by atoms with Crippen molar-refractivity contribution in [1.82, 2.24) is 5.09 Å². The molecular weight excluding hydrogens is 517 g/mol. The second kappa shape index (κ2) is 14.7. The van der Waals surface area contributed by atoms with Gasteiger partial charge in [-0.15, -0.1) is 0 Å². The zero-order chi connectivity index (χ0) is 29.3. The minimum atomic E-state index is -4.48. The summed E-state index contributed by atoms with van der Waals surface area (Å²) < 4.78 is 30.5. The molecule has 4 unspecified atom stereocenters. The molecule has 4 atom stereocenters. The summed E-state index contributed by atoms with van der Waals surface area (Å²) >= 11 is 0. The lowest BCUT2D eigenvalue weighted by molar-refractivity contribution is -0.149. The molecule has 0 spiro atoms. The third kappa shape index (κ3) is 8.97. The highest BCUT2D eigenvalue weighted by Crippen LogP contribution is 2.52. The van der Waals surface area contributed by atoms with E-state index in [9.17, 15) is 19.3 Å². The minimum Gasteiger partial charge on any atom is -0.507 e. The number of phenolic OH excluding ortho intramolecular Hbond substituents is 1. The fourth-order valence-corrected chi connectivity index (χ4v) is 6.39. The molecule has 0 aromatic heterocycles. The number of carbonyl (C=O) groups excluding carboxylic acids is 2. The average Bonchev–Trinajstić information content (AvgIpc) is 2.83. The third-order valence-corrected chi connectivity index (χ3v) is 8.56. The molecule has 0 saturated carbocycles. The van der Waals surface area contributed by atoms with Gasteiger partial charge in [-0.3, -0.25) is 4.79 Å². The molecule has 1 aliphatic carbocycles. The van der Waals surface area contributed by atoms with Crippen LogP contribution in [0.4, 0.5) is 4.79 Å². The first kappa shape index (κ1) is 32.6. The Bertz CT molecular complexity index is 1110. The van der Waals surface area contributed by atoms with Crippen LogP contribution in [0.15, 0.2) is 35.9 Å². The fraction of sp³-hybridized carbons (Fsp3) is 0.600. The minimum absolute atomic E-state index is 0.00359. The van der Waals surface area contributed by atoms with Gasteiger partial charge in [0, 0.05) is 11.5 Å². The van der Waals surface area contributed by atoms with Crippen molar-refractivity contribution in [1.29, 1.82) is 0 Å². The standard InChI is InChI=1S/C30H46NO7P/c1-9-11-12-13-23-17-26(32)28(25-16-21(7)14-15-24(25)19(3)4)27(18-23)38-39(35,30(34)36-10-2)31-22(8)29(33)37-20(5)6/h16-18,20,22,24-25,32H,3,9-15H2,1-2,4-8H3,(H,31,35). The van der Waals surface area contributed by atoms with Crippen molar-refractivity contribution >= 4 is 19.2 Å². The highest BCUT2D eigenvalue weighted by Gasteiger charge is 2.42. The van der Waals surface area contributed by atoms with Gasteiger partial charge in [-0.05, 0) is 90.8 Å². The fourth-order valence-electron chi connectivity index (χ4n) is 4.81. The molecule has 0 heterocycles. The summed E-state index contributed by atoms with van der Waals surface area (Å²) in [7, 11) is -4.48. The maximum absolute atomic E-state index is 14.1. The smallest absolute Gasteiger partial charge is 0.424 e.